The molecule has 1 unspecified atom stereocenters. The molecule has 2 aliphatic heterocycles. The molecule has 1 aliphatic carbocycles. The Bertz CT molecular complexity index is 631. The standard InChI is InChI=1S/C20H26FN3O/c21-17-6-8-18(9-7-17)22-10-12-23(13-11-22)19-14-24(15-19)20(25)16-4-2-1-3-5-16/h1-2,6-9,16,19H,3-5,10-15H2. The Kier molecular flexibility index (Phi) is 4.75. The van der Waals surface area contributed by atoms with Crippen LogP contribution in [0.25, 0.3) is 0 Å². The zero-order chi connectivity index (χ0) is 17.2. The molecule has 2 heterocycles. The zero-order valence-corrected chi connectivity index (χ0v) is 14.6. The van der Waals surface area contributed by atoms with Crippen LogP contribution in [0.5, 0.6) is 0 Å². The van der Waals surface area contributed by atoms with E-state index in [1.54, 1.807) is 0 Å². The van der Waals surface area contributed by atoms with Crippen LogP contribution in [-0.4, -0.2) is 61.0 Å². The van der Waals surface area contributed by atoms with E-state index in [1.165, 1.54) is 12.1 Å². The lowest BCUT2D eigenvalue weighted by Gasteiger charge is -2.49. The lowest BCUT2D eigenvalue weighted by molar-refractivity contribution is -0.143. The highest BCUT2D eigenvalue weighted by Gasteiger charge is 2.38. The highest BCUT2D eigenvalue weighted by molar-refractivity contribution is 5.80. The number of hydrogen-bond donors (Lipinski definition) is 0. The number of hydrogen-bond acceptors (Lipinski definition) is 3. The van der Waals surface area contributed by atoms with Crippen molar-refractivity contribution in [3.63, 3.8) is 0 Å². The van der Waals surface area contributed by atoms with E-state index in [9.17, 15) is 9.18 Å². The predicted octanol–water partition coefficient (Wildman–Crippen LogP) is 2.51. The molecule has 1 atom stereocenters. The van der Waals surface area contributed by atoms with E-state index in [1.807, 2.05) is 17.0 Å². The SMILES string of the molecule is O=C(C1CC=CCC1)N1CC(N2CCN(c3ccc(F)cc3)CC2)C1. The highest BCUT2D eigenvalue weighted by atomic mass is 19.1. The molecule has 4 rings (SSSR count). The number of halogens is 1. The summed E-state index contributed by atoms with van der Waals surface area (Å²) in [7, 11) is 0. The van der Waals surface area contributed by atoms with Gasteiger partial charge in [0.1, 0.15) is 5.82 Å². The minimum Gasteiger partial charge on any atom is -0.369 e. The number of amides is 1. The molecule has 4 nitrogen and oxygen atoms in total. The fourth-order valence-electron chi connectivity index (χ4n) is 4.14. The van der Waals surface area contributed by atoms with Crippen LogP contribution in [0.15, 0.2) is 36.4 Å². The number of carbonyl (C=O) groups is 1. The molecule has 134 valence electrons. The van der Waals surface area contributed by atoms with Crippen LogP contribution < -0.4 is 4.90 Å². The summed E-state index contributed by atoms with van der Waals surface area (Å²) in [4.78, 5) is 19.4. The number of piperazine rings is 1. The van der Waals surface area contributed by atoms with E-state index in [2.05, 4.69) is 22.0 Å². The predicted molar refractivity (Wildman–Crippen MR) is 97.0 cm³/mol. The molecule has 0 saturated carbocycles. The Morgan fingerprint density at radius 1 is 1.00 bits per heavy atom. The fraction of sp³-hybridized carbons (Fsp3) is 0.550. The van der Waals surface area contributed by atoms with Crippen molar-refractivity contribution in [3.8, 4) is 0 Å². The van der Waals surface area contributed by atoms with E-state index in [0.29, 0.717) is 11.9 Å². The lowest BCUT2D eigenvalue weighted by Crippen LogP contribution is -2.65. The Labute approximate surface area is 148 Å². The van der Waals surface area contributed by atoms with Crippen molar-refractivity contribution in [3.05, 3.63) is 42.2 Å². The summed E-state index contributed by atoms with van der Waals surface area (Å²) in [5.41, 5.74) is 1.09. The average Bonchev–Trinajstić information content (AvgIpc) is 2.62. The van der Waals surface area contributed by atoms with Gasteiger partial charge in [-0.15, -0.1) is 0 Å². The molecule has 5 heteroatoms. The van der Waals surface area contributed by atoms with Crippen molar-refractivity contribution in [2.24, 2.45) is 5.92 Å². The van der Waals surface area contributed by atoms with Crippen LogP contribution in [0.3, 0.4) is 0 Å². The number of allylic oxidation sites excluding steroid dienone is 2. The molecule has 0 bridgehead atoms. The minimum atomic E-state index is -0.185. The number of anilines is 1. The summed E-state index contributed by atoms with van der Waals surface area (Å²) in [5.74, 6) is 0.377. The van der Waals surface area contributed by atoms with Gasteiger partial charge in [-0.3, -0.25) is 9.69 Å². The number of carbonyl (C=O) groups excluding carboxylic acids is 1. The van der Waals surface area contributed by atoms with E-state index < -0.39 is 0 Å². The molecular formula is C20H26FN3O. The van der Waals surface area contributed by atoms with Crippen LogP contribution in [-0.2, 0) is 4.79 Å². The fourth-order valence-corrected chi connectivity index (χ4v) is 4.14. The number of nitrogens with zero attached hydrogens (tertiary/aromatic N) is 3. The normalized spacial score (nSPS) is 25.1. The first-order valence-electron chi connectivity index (χ1n) is 9.39. The van der Waals surface area contributed by atoms with Gasteiger partial charge < -0.3 is 9.80 Å². The van der Waals surface area contributed by atoms with Gasteiger partial charge in [0.15, 0.2) is 0 Å². The summed E-state index contributed by atoms with van der Waals surface area (Å²) in [6.07, 6.45) is 7.30. The maximum absolute atomic E-state index is 13.0. The molecule has 1 aromatic rings. The van der Waals surface area contributed by atoms with Crippen LogP contribution >= 0.6 is 0 Å². The summed E-state index contributed by atoms with van der Waals surface area (Å²) < 4.78 is 13.0. The quantitative estimate of drug-likeness (QED) is 0.789. The van der Waals surface area contributed by atoms with Gasteiger partial charge in [-0.1, -0.05) is 12.2 Å². The second-order valence-corrected chi connectivity index (χ2v) is 7.38. The summed E-state index contributed by atoms with van der Waals surface area (Å²) in [6, 6.07) is 7.27. The van der Waals surface area contributed by atoms with Crippen LogP contribution in [0.1, 0.15) is 19.3 Å². The molecule has 1 aromatic carbocycles. The van der Waals surface area contributed by atoms with Crippen LogP contribution in [0, 0.1) is 11.7 Å². The van der Waals surface area contributed by atoms with Gasteiger partial charge in [0.25, 0.3) is 0 Å². The van der Waals surface area contributed by atoms with Crippen molar-refractivity contribution < 1.29 is 9.18 Å². The largest absolute Gasteiger partial charge is 0.369 e. The summed E-state index contributed by atoms with van der Waals surface area (Å²) in [5, 5.41) is 0. The first kappa shape index (κ1) is 16.6. The number of likely N-dealkylation sites (tertiary alicyclic amines) is 1. The van der Waals surface area contributed by atoms with Crippen molar-refractivity contribution in [2.45, 2.75) is 25.3 Å². The topological polar surface area (TPSA) is 26.8 Å². The number of benzene rings is 1. The van der Waals surface area contributed by atoms with Gasteiger partial charge >= 0.3 is 0 Å². The summed E-state index contributed by atoms with van der Waals surface area (Å²) >= 11 is 0. The Morgan fingerprint density at radius 2 is 1.72 bits per heavy atom. The third-order valence-corrected chi connectivity index (χ3v) is 5.81. The van der Waals surface area contributed by atoms with Gasteiger partial charge in [0.05, 0.1) is 0 Å². The second kappa shape index (κ2) is 7.16. The molecule has 3 aliphatic rings. The van der Waals surface area contributed by atoms with Crippen molar-refractivity contribution in [1.29, 1.82) is 0 Å². The maximum Gasteiger partial charge on any atom is 0.226 e. The first-order valence-corrected chi connectivity index (χ1v) is 9.39. The first-order chi connectivity index (χ1) is 12.2. The van der Waals surface area contributed by atoms with Crippen LogP contribution in [0.2, 0.25) is 0 Å². The zero-order valence-electron chi connectivity index (χ0n) is 14.6. The third-order valence-electron chi connectivity index (χ3n) is 5.81. The van der Waals surface area contributed by atoms with Gasteiger partial charge in [-0.25, -0.2) is 4.39 Å². The number of rotatable bonds is 3. The Morgan fingerprint density at radius 3 is 2.36 bits per heavy atom. The Balaban J connectivity index is 1.24. The molecular weight excluding hydrogens is 317 g/mol. The van der Waals surface area contributed by atoms with E-state index >= 15 is 0 Å². The average molecular weight is 343 g/mol. The van der Waals surface area contributed by atoms with E-state index in [4.69, 9.17) is 0 Å². The molecule has 25 heavy (non-hydrogen) atoms. The second-order valence-electron chi connectivity index (χ2n) is 7.38. The Hall–Kier alpha value is -1.88. The van der Waals surface area contributed by atoms with Gasteiger partial charge in [-0.2, -0.15) is 0 Å². The molecule has 1 amide bonds. The van der Waals surface area contributed by atoms with Crippen LogP contribution in [0.4, 0.5) is 10.1 Å². The van der Waals surface area contributed by atoms with Crippen molar-refractivity contribution in [1.82, 2.24) is 9.80 Å². The molecule has 0 radical (unpaired) electrons. The lowest BCUT2D eigenvalue weighted by atomic mass is 9.91. The maximum atomic E-state index is 13.0. The monoisotopic (exact) mass is 343 g/mol. The smallest absolute Gasteiger partial charge is 0.226 e. The minimum absolute atomic E-state index is 0.185. The van der Waals surface area contributed by atoms with E-state index in [0.717, 1.165) is 64.2 Å². The molecule has 0 aromatic heterocycles. The van der Waals surface area contributed by atoms with E-state index in [-0.39, 0.29) is 11.7 Å². The molecule has 0 spiro atoms. The van der Waals surface area contributed by atoms with Gasteiger partial charge in [-0.05, 0) is 43.5 Å². The van der Waals surface area contributed by atoms with Crippen molar-refractivity contribution in [2.75, 3.05) is 44.2 Å². The molecule has 0 N–H and O–H groups in total. The highest BCUT2D eigenvalue weighted by Crippen LogP contribution is 2.26. The summed E-state index contributed by atoms with van der Waals surface area (Å²) in [6.45, 7) is 5.71. The van der Waals surface area contributed by atoms with Gasteiger partial charge in [0, 0.05) is 56.9 Å². The molecule has 2 fully saturated rings. The van der Waals surface area contributed by atoms with Crippen molar-refractivity contribution >= 4 is 11.6 Å². The van der Waals surface area contributed by atoms with Gasteiger partial charge in [0.2, 0.25) is 5.91 Å². The third kappa shape index (κ3) is 3.56. The molecule has 2 saturated heterocycles.